The summed E-state index contributed by atoms with van der Waals surface area (Å²) in [5.41, 5.74) is 0.373. The first-order valence-corrected chi connectivity index (χ1v) is 6.43. The first-order valence-electron chi connectivity index (χ1n) is 6.43. The Hall–Kier alpha value is -2.54. The SMILES string of the molecule is O=C1c2ccccc2N[C@H](c2ccc(C(F)(F)F)cc2)N1O. The monoisotopic (exact) mass is 308 g/mol. The van der Waals surface area contributed by atoms with E-state index in [1.807, 2.05) is 0 Å². The Balaban J connectivity index is 1.94. The number of alkyl halides is 3. The van der Waals surface area contributed by atoms with Gasteiger partial charge in [-0.05, 0) is 29.8 Å². The third-order valence-corrected chi connectivity index (χ3v) is 3.46. The summed E-state index contributed by atoms with van der Waals surface area (Å²) in [6.07, 6.45) is -5.37. The van der Waals surface area contributed by atoms with E-state index >= 15 is 0 Å². The average Bonchev–Trinajstić information content (AvgIpc) is 2.50. The molecule has 1 atom stereocenters. The minimum Gasteiger partial charge on any atom is -0.359 e. The van der Waals surface area contributed by atoms with Crippen LogP contribution in [0.25, 0.3) is 0 Å². The third kappa shape index (κ3) is 2.39. The smallest absolute Gasteiger partial charge is 0.359 e. The molecule has 3 rings (SSSR count). The van der Waals surface area contributed by atoms with Gasteiger partial charge in [0.05, 0.1) is 11.1 Å². The Bertz CT molecular complexity index is 713. The van der Waals surface area contributed by atoms with Crippen LogP contribution < -0.4 is 5.32 Å². The zero-order chi connectivity index (χ0) is 15.9. The number of carbonyl (C=O) groups excluding carboxylic acids is 1. The Morgan fingerprint density at radius 1 is 1.05 bits per heavy atom. The van der Waals surface area contributed by atoms with Crippen molar-refractivity contribution >= 4 is 11.6 Å². The van der Waals surface area contributed by atoms with E-state index in [0.717, 1.165) is 12.1 Å². The molecule has 1 aliphatic heterocycles. The van der Waals surface area contributed by atoms with E-state index in [9.17, 15) is 23.2 Å². The molecule has 2 aromatic carbocycles. The molecule has 7 heteroatoms. The van der Waals surface area contributed by atoms with Crippen LogP contribution in [0, 0.1) is 0 Å². The number of hydrogen-bond acceptors (Lipinski definition) is 3. The lowest BCUT2D eigenvalue weighted by Gasteiger charge is -2.33. The largest absolute Gasteiger partial charge is 0.416 e. The second kappa shape index (κ2) is 5.03. The van der Waals surface area contributed by atoms with Crippen LogP contribution in [-0.4, -0.2) is 16.2 Å². The molecule has 2 aromatic rings. The first kappa shape index (κ1) is 14.4. The highest BCUT2D eigenvalue weighted by molar-refractivity contribution is 6.00. The van der Waals surface area contributed by atoms with Crippen molar-refractivity contribution in [2.75, 3.05) is 5.32 Å². The topological polar surface area (TPSA) is 52.6 Å². The number of nitrogens with one attached hydrogen (secondary N) is 1. The summed E-state index contributed by atoms with van der Waals surface area (Å²) in [4.78, 5) is 12.1. The number of rotatable bonds is 1. The van der Waals surface area contributed by atoms with Crippen molar-refractivity contribution in [2.45, 2.75) is 12.3 Å². The molecule has 0 fully saturated rings. The highest BCUT2D eigenvalue weighted by Crippen LogP contribution is 2.34. The molecule has 0 spiro atoms. The lowest BCUT2D eigenvalue weighted by Crippen LogP contribution is -2.40. The van der Waals surface area contributed by atoms with E-state index in [-0.39, 0.29) is 0 Å². The van der Waals surface area contributed by atoms with Gasteiger partial charge in [-0.25, -0.2) is 0 Å². The lowest BCUT2D eigenvalue weighted by molar-refractivity contribution is -0.137. The molecular weight excluding hydrogens is 297 g/mol. The van der Waals surface area contributed by atoms with Crippen molar-refractivity contribution in [2.24, 2.45) is 0 Å². The van der Waals surface area contributed by atoms with Gasteiger partial charge in [0.1, 0.15) is 0 Å². The van der Waals surface area contributed by atoms with Crippen molar-refractivity contribution in [3.63, 3.8) is 0 Å². The minimum absolute atomic E-state index is 0.299. The number of anilines is 1. The van der Waals surface area contributed by atoms with Crippen LogP contribution in [0.5, 0.6) is 0 Å². The van der Waals surface area contributed by atoms with Crippen molar-refractivity contribution in [3.05, 3.63) is 65.2 Å². The molecule has 1 heterocycles. The van der Waals surface area contributed by atoms with E-state index in [1.54, 1.807) is 24.3 Å². The molecule has 114 valence electrons. The number of benzene rings is 2. The number of carbonyl (C=O) groups is 1. The van der Waals surface area contributed by atoms with E-state index in [1.165, 1.54) is 12.1 Å². The molecule has 0 saturated heterocycles. The summed E-state index contributed by atoms with van der Waals surface area (Å²) in [5, 5.41) is 13.4. The van der Waals surface area contributed by atoms with Gasteiger partial charge in [0.2, 0.25) is 0 Å². The Morgan fingerprint density at radius 2 is 1.68 bits per heavy atom. The van der Waals surface area contributed by atoms with Crippen molar-refractivity contribution in [3.8, 4) is 0 Å². The van der Waals surface area contributed by atoms with E-state index in [0.29, 0.717) is 21.9 Å². The van der Waals surface area contributed by atoms with Crippen LogP contribution in [0.3, 0.4) is 0 Å². The fourth-order valence-corrected chi connectivity index (χ4v) is 2.32. The average molecular weight is 308 g/mol. The molecule has 4 nitrogen and oxygen atoms in total. The van der Waals surface area contributed by atoms with Crippen LogP contribution in [0.4, 0.5) is 18.9 Å². The maximum absolute atomic E-state index is 12.6. The van der Waals surface area contributed by atoms with E-state index in [2.05, 4.69) is 5.32 Å². The Labute approximate surface area is 123 Å². The zero-order valence-corrected chi connectivity index (χ0v) is 11.1. The molecule has 2 N–H and O–H groups in total. The van der Waals surface area contributed by atoms with Gasteiger partial charge in [-0.1, -0.05) is 24.3 Å². The van der Waals surface area contributed by atoms with Gasteiger partial charge in [-0.15, -0.1) is 0 Å². The standard InChI is InChI=1S/C15H11F3N2O2/c16-15(17,18)10-7-5-9(6-8-10)13-19-12-4-2-1-3-11(12)14(21)20(13)22/h1-8,13,19,22H/t13-/m0/s1. The maximum Gasteiger partial charge on any atom is 0.416 e. The number of hydroxylamine groups is 2. The van der Waals surface area contributed by atoms with Crippen molar-refractivity contribution in [1.82, 2.24) is 5.06 Å². The predicted octanol–water partition coefficient (Wildman–Crippen LogP) is 3.66. The molecule has 1 aliphatic rings. The summed E-state index contributed by atoms with van der Waals surface area (Å²) in [7, 11) is 0. The van der Waals surface area contributed by atoms with Crippen LogP contribution >= 0.6 is 0 Å². The molecule has 0 aromatic heterocycles. The van der Waals surface area contributed by atoms with Crippen LogP contribution in [0.15, 0.2) is 48.5 Å². The third-order valence-electron chi connectivity index (χ3n) is 3.46. The summed E-state index contributed by atoms with van der Waals surface area (Å²) in [6, 6.07) is 10.9. The fourth-order valence-electron chi connectivity index (χ4n) is 2.32. The second-order valence-corrected chi connectivity index (χ2v) is 4.86. The van der Waals surface area contributed by atoms with Gasteiger partial charge in [-0.3, -0.25) is 10.0 Å². The molecule has 1 amide bonds. The number of halogens is 3. The summed E-state index contributed by atoms with van der Waals surface area (Å²) in [5.74, 6) is -0.612. The molecule has 0 saturated carbocycles. The lowest BCUT2D eigenvalue weighted by atomic mass is 10.0. The highest BCUT2D eigenvalue weighted by Gasteiger charge is 2.34. The summed E-state index contributed by atoms with van der Waals surface area (Å²) >= 11 is 0. The number of fused-ring (bicyclic) bond motifs is 1. The number of amides is 1. The van der Waals surface area contributed by atoms with Gasteiger partial charge in [0.25, 0.3) is 5.91 Å². The maximum atomic E-state index is 12.6. The van der Waals surface area contributed by atoms with Gasteiger partial charge in [0, 0.05) is 5.69 Å². The van der Waals surface area contributed by atoms with Gasteiger partial charge >= 0.3 is 6.18 Å². The predicted molar refractivity (Wildman–Crippen MR) is 72.2 cm³/mol. The van der Waals surface area contributed by atoms with Crippen LogP contribution in [0.1, 0.15) is 27.7 Å². The normalized spacial score (nSPS) is 17.9. The molecule has 0 radical (unpaired) electrons. The number of hydrogen-bond donors (Lipinski definition) is 2. The molecule has 0 bridgehead atoms. The Morgan fingerprint density at radius 3 is 2.32 bits per heavy atom. The van der Waals surface area contributed by atoms with Crippen molar-refractivity contribution in [1.29, 1.82) is 0 Å². The summed E-state index contributed by atoms with van der Waals surface area (Å²) < 4.78 is 37.7. The van der Waals surface area contributed by atoms with Gasteiger partial charge in [-0.2, -0.15) is 18.2 Å². The molecule has 0 unspecified atom stereocenters. The molecule has 0 aliphatic carbocycles. The minimum atomic E-state index is -4.43. The summed E-state index contributed by atoms with van der Waals surface area (Å²) in [6.45, 7) is 0. The van der Waals surface area contributed by atoms with Gasteiger partial charge in [0.15, 0.2) is 6.17 Å². The van der Waals surface area contributed by atoms with E-state index < -0.39 is 23.8 Å². The van der Waals surface area contributed by atoms with E-state index in [4.69, 9.17) is 0 Å². The van der Waals surface area contributed by atoms with Gasteiger partial charge < -0.3 is 5.32 Å². The molecule has 22 heavy (non-hydrogen) atoms. The zero-order valence-electron chi connectivity index (χ0n) is 11.1. The van der Waals surface area contributed by atoms with Crippen LogP contribution in [0.2, 0.25) is 0 Å². The highest BCUT2D eigenvalue weighted by atomic mass is 19.4. The van der Waals surface area contributed by atoms with Crippen molar-refractivity contribution < 1.29 is 23.2 Å². The Kier molecular flexibility index (Phi) is 3.29. The number of nitrogens with zero attached hydrogens (tertiary/aromatic N) is 1. The quantitative estimate of drug-likeness (QED) is 0.791. The second-order valence-electron chi connectivity index (χ2n) is 4.86. The first-order chi connectivity index (χ1) is 10.4. The van der Waals surface area contributed by atoms with Crippen LogP contribution in [-0.2, 0) is 6.18 Å². The number of para-hydroxylation sites is 1. The fraction of sp³-hybridized carbons (Fsp3) is 0.133. The molecular formula is C15H11F3N2O2.